The molecule has 3 aromatic rings. The van der Waals surface area contributed by atoms with E-state index in [2.05, 4.69) is 48.7 Å². The SMILES string of the molecule is CCn1nc(OCc2ccccc2)c(C(O)c2cn(C)nc2I)c1Br. The van der Waals surface area contributed by atoms with Crippen LogP contribution in [-0.2, 0) is 20.2 Å². The first kappa shape index (κ1) is 18.4. The number of hydrogen-bond acceptors (Lipinski definition) is 4. The van der Waals surface area contributed by atoms with Gasteiger partial charge in [-0.3, -0.25) is 9.36 Å². The highest BCUT2D eigenvalue weighted by molar-refractivity contribution is 14.1. The Bertz CT molecular complexity index is 863. The maximum Gasteiger partial charge on any atom is 0.240 e. The molecule has 6 nitrogen and oxygen atoms in total. The zero-order chi connectivity index (χ0) is 18.0. The van der Waals surface area contributed by atoms with E-state index in [9.17, 15) is 5.11 Å². The summed E-state index contributed by atoms with van der Waals surface area (Å²) in [6.07, 6.45) is 0.935. The lowest BCUT2D eigenvalue weighted by atomic mass is 10.1. The smallest absolute Gasteiger partial charge is 0.240 e. The van der Waals surface area contributed by atoms with Gasteiger partial charge in [0.05, 0.1) is 5.56 Å². The molecule has 1 unspecified atom stereocenters. The summed E-state index contributed by atoms with van der Waals surface area (Å²) >= 11 is 5.67. The van der Waals surface area contributed by atoms with Crippen molar-refractivity contribution in [3.05, 3.63) is 61.5 Å². The molecule has 1 aromatic carbocycles. The molecule has 0 aliphatic carbocycles. The largest absolute Gasteiger partial charge is 0.471 e. The second kappa shape index (κ2) is 7.88. The van der Waals surface area contributed by atoms with Crippen molar-refractivity contribution in [2.75, 3.05) is 0 Å². The minimum atomic E-state index is -0.874. The van der Waals surface area contributed by atoms with E-state index >= 15 is 0 Å². The number of halogens is 2. The first-order valence-corrected chi connectivity index (χ1v) is 9.68. The molecule has 0 aliphatic heterocycles. The Morgan fingerprint density at radius 2 is 2.00 bits per heavy atom. The minimum absolute atomic E-state index is 0.387. The highest BCUT2D eigenvalue weighted by Crippen LogP contribution is 2.37. The summed E-state index contributed by atoms with van der Waals surface area (Å²) in [5.74, 6) is 0.421. The summed E-state index contributed by atoms with van der Waals surface area (Å²) in [5.41, 5.74) is 2.38. The number of ether oxygens (including phenoxy) is 1. The lowest BCUT2D eigenvalue weighted by Gasteiger charge is -2.11. The van der Waals surface area contributed by atoms with Crippen LogP contribution in [0.4, 0.5) is 0 Å². The van der Waals surface area contributed by atoms with Crippen molar-refractivity contribution >= 4 is 38.5 Å². The molecule has 2 heterocycles. The van der Waals surface area contributed by atoms with E-state index < -0.39 is 6.10 Å². The van der Waals surface area contributed by atoms with Crippen LogP contribution in [-0.4, -0.2) is 24.7 Å². The third-order valence-corrected chi connectivity index (χ3v) is 5.46. The monoisotopic (exact) mass is 516 g/mol. The number of benzene rings is 1. The maximum atomic E-state index is 10.9. The van der Waals surface area contributed by atoms with Crippen molar-refractivity contribution in [3.8, 4) is 5.88 Å². The van der Waals surface area contributed by atoms with Gasteiger partial charge >= 0.3 is 0 Å². The molecule has 0 fully saturated rings. The Balaban J connectivity index is 1.94. The lowest BCUT2D eigenvalue weighted by molar-refractivity contribution is 0.206. The van der Waals surface area contributed by atoms with Gasteiger partial charge in [-0.05, 0) is 51.0 Å². The summed E-state index contributed by atoms with van der Waals surface area (Å²) in [7, 11) is 1.83. The van der Waals surface area contributed by atoms with E-state index in [0.29, 0.717) is 29.2 Å². The van der Waals surface area contributed by atoms with Gasteiger partial charge in [-0.25, -0.2) is 0 Å². The molecular formula is C17H18BrIN4O2. The Morgan fingerprint density at radius 1 is 1.28 bits per heavy atom. The van der Waals surface area contributed by atoms with Gasteiger partial charge in [-0.15, -0.1) is 5.10 Å². The summed E-state index contributed by atoms with van der Waals surface area (Å²) in [6, 6.07) is 9.88. The summed E-state index contributed by atoms with van der Waals surface area (Å²) in [4.78, 5) is 0. The van der Waals surface area contributed by atoms with Crippen molar-refractivity contribution < 1.29 is 9.84 Å². The molecule has 25 heavy (non-hydrogen) atoms. The molecule has 132 valence electrons. The van der Waals surface area contributed by atoms with Crippen LogP contribution in [0.15, 0.2) is 41.1 Å². The Labute approximate surface area is 168 Å². The highest BCUT2D eigenvalue weighted by Gasteiger charge is 2.27. The zero-order valence-electron chi connectivity index (χ0n) is 13.9. The van der Waals surface area contributed by atoms with Crippen LogP contribution >= 0.6 is 38.5 Å². The van der Waals surface area contributed by atoms with Gasteiger partial charge in [0.15, 0.2) is 0 Å². The Kier molecular flexibility index (Phi) is 5.80. The van der Waals surface area contributed by atoms with Crippen molar-refractivity contribution in [2.24, 2.45) is 7.05 Å². The molecule has 0 bridgehead atoms. The predicted molar refractivity (Wildman–Crippen MR) is 106 cm³/mol. The number of aryl methyl sites for hydroxylation is 2. The number of aliphatic hydroxyl groups excluding tert-OH is 1. The van der Waals surface area contributed by atoms with Gasteiger partial charge in [0.1, 0.15) is 21.0 Å². The third kappa shape index (κ3) is 3.90. The highest BCUT2D eigenvalue weighted by atomic mass is 127. The average molecular weight is 517 g/mol. The van der Waals surface area contributed by atoms with E-state index in [1.807, 2.05) is 50.5 Å². The van der Waals surface area contributed by atoms with Gasteiger partial charge in [0, 0.05) is 25.4 Å². The number of hydrogen-bond donors (Lipinski definition) is 1. The van der Waals surface area contributed by atoms with Gasteiger partial charge in [-0.1, -0.05) is 30.3 Å². The lowest BCUT2D eigenvalue weighted by Crippen LogP contribution is -2.04. The Hall–Kier alpha value is -1.39. The van der Waals surface area contributed by atoms with E-state index in [4.69, 9.17) is 4.74 Å². The molecule has 1 atom stereocenters. The average Bonchev–Trinajstić information content (AvgIpc) is 3.11. The van der Waals surface area contributed by atoms with Crippen molar-refractivity contribution in [2.45, 2.75) is 26.2 Å². The maximum absolute atomic E-state index is 10.9. The molecule has 1 N–H and O–H groups in total. The quantitative estimate of drug-likeness (QED) is 0.508. The van der Waals surface area contributed by atoms with Gasteiger partial charge in [0.2, 0.25) is 5.88 Å². The number of nitrogens with zero attached hydrogens (tertiary/aromatic N) is 4. The summed E-state index contributed by atoms with van der Waals surface area (Å²) < 4.78 is 10.8. The van der Waals surface area contributed by atoms with Gasteiger partial charge in [0.25, 0.3) is 0 Å². The number of aromatic nitrogens is 4. The molecule has 0 amide bonds. The minimum Gasteiger partial charge on any atom is -0.471 e. The van der Waals surface area contributed by atoms with E-state index in [-0.39, 0.29) is 0 Å². The number of aliphatic hydroxyl groups is 1. The third-order valence-electron chi connectivity index (χ3n) is 3.79. The van der Waals surface area contributed by atoms with Gasteiger partial charge < -0.3 is 9.84 Å². The molecule has 0 spiro atoms. The standard InChI is InChI=1S/C17H18BrIN4O2/c1-3-23-15(18)13(14(24)12-9-22(2)20-16(12)19)17(21-23)25-10-11-7-5-4-6-8-11/h4-9,14,24H,3,10H2,1-2H3. The second-order valence-corrected chi connectivity index (χ2v) is 7.32. The first-order chi connectivity index (χ1) is 12.0. The van der Waals surface area contributed by atoms with Crippen LogP contribution in [0.2, 0.25) is 0 Å². The fraction of sp³-hybridized carbons (Fsp3) is 0.294. The van der Waals surface area contributed by atoms with E-state index in [1.165, 1.54) is 0 Å². The van der Waals surface area contributed by atoms with E-state index in [0.717, 1.165) is 14.8 Å². The van der Waals surface area contributed by atoms with Crippen LogP contribution in [0.3, 0.4) is 0 Å². The molecule has 0 saturated carbocycles. The molecule has 8 heteroatoms. The van der Waals surface area contributed by atoms with Crippen LogP contribution < -0.4 is 4.74 Å². The van der Waals surface area contributed by atoms with Crippen molar-refractivity contribution in [1.82, 2.24) is 19.6 Å². The second-order valence-electron chi connectivity index (χ2n) is 5.55. The fourth-order valence-corrected chi connectivity index (χ4v) is 4.02. The molecule has 2 aromatic heterocycles. The molecule has 3 rings (SSSR count). The van der Waals surface area contributed by atoms with Crippen LogP contribution in [0.1, 0.15) is 29.7 Å². The summed E-state index contributed by atoms with van der Waals surface area (Å²) in [6.45, 7) is 3.04. The van der Waals surface area contributed by atoms with Crippen LogP contribution in [0, 0.1) is 3.70 Å². The zero-order valence-corrected chi connectivity index (χ0v) is 17.6. The van der Waals surface area contributed by atoms with Crippen molar-refractivity contribution in [3.63, 3.8) is 0 Å². The Morgan fingerprint density at radius 3 is 2.60 bits per heavy atom. The molecule has 0 saturated heterocycles. The first-order valence-electron chi connectivity index (χ1n) is 7.81. The van der Waals surface area contributed by atoms with Crippen molar-refractivity contribution in [1.29, 1.82) is 0 Å². The fourth-order valence-electron chi connectivity index (χ4n) is 2.53. The molecular weight excluding hydrogens is 499 g/mol. The molecule has 0 aliphatic rings. The normalized spacial score (nSPS) is 12.4. The van der Waals surface area contributed by atoms with Crippen LogP contribution in [0.25, 0.3) is 0 Å². The van der Waals surface area contributed by atoms with E-state index in [1.54, 1.807) is 9.36 Å². The molecule has 0 radical (unpaired) electrons. The van der Waals surface area contributed by atoms with Crippen LogP contribution in [0.5, 0.6) is 5.88 Å². The van der Waals surface area contributed by atoms with Gasteiger partial charge in [-0.2, -0.15) is 5.10 Å². The topological polar surface area (TPSA) is 65.1 Å². The summed E-state index contributed by atoms with van der Waals surface area (Å²) in [5, 5.41) is 19.7. The predicted octanol–water partition coefficient (Wildman–Crippen LogP) is 3.66. The number of rotatable bonds is 6.